The van der Waals surface area contributed by atoms with E-state index >= 15 is 0 Å². The van der Waals surface area contributed by atoms with E-state index in [0.29, 0.717) is 16.1 Å². The first kappa shape index (κ1) is 14.7. The molecule has 0 aliphatic rings. The van der Waals surface area contributed by atoms with Crippen LogP contribution < -0.4 is 4.74 Å². The first-order valence-corrected chi connectivity index (χ1v) is 6.97. The molecule has 0 saturated carbocycles. The van der Waals surface area contributed by atoms with Crippen molar-refractivity contribution >= 4 is 33.2 Å². The lowest BCUT2D eigenvalue weighted by molar-refractivity contribution is -0.385. The Balaban J connectivity index is 2.46. The van der Waals surface area contributed by atoms with Gasteiger partial charge in [-0.15, -0.1) is 0 Å². The Morgan fingerprint density at radius 3 is 2.65 bits per heavy atom. The monoisotopic (exact) mass is 359 g/mol. The van der Waals surface area contributed by atoms with Gasteiger partial charge in [-0.05, 0) is 18.2 Å². The minimum atomic E-state index is -0.632. The van der Waals surface area contributed by atoms with E-state index in [9.17, 15) is 14.5 Å². The highest BCUT2D eigenvalue weighted by Crippen LogP contribution is 2.35. The first-order valence-electron chi connectivity index (χ1n) is 5.47. The molecule has 0 amide bonds. The molecule has 20 heavy (non-hydrogen) atoms. The zero-order valence-corrected chi connectivity index (χ0v) is 12.3. The van der Waals surface area contributed by atoms with Gasteiger partial charge in [-0.3, -0.25) is 10.1 Å². The molecule has 0 bridgehead atoms. The van der Waals surface area contributed by atoms with Crippen molar-refractivity contribution in [2.24, 2.45) is 0 Å². The predicted molar refractivity (Wildman–Crippen MR) is 77.2 cm³/mol. The summed E-state index contributed by atoms with van der Waals surface area (Å²) in [6, 6.07) is 7.95. The number of hydrogen-bond donors (Lipinski definition) is 0. The molecule has 0 unspecified atom stereocenters. The zero-order valence-electron chi connectivity index (χ0n) is 9.98. The zero-order chi connectivity index (χ0) is 14.7. The number of hydrogen-bond acceptors (Lipinski definition) is 3. The molecule has 0 saturated heterocycles. The summed E-state index contributed by atoms with van der Waals surface area (Å²) in [5, 5.41) is 11.8. The molecule has 0 aromatic heterocycles. The number of rotatable bonds is 4. The second-order valence-electron chi connectivity index (χ2n) is 3.86. The summed E-state index contributed by atoms with van der Waals surface area (Å²) < 4.78 is 18.7. The summed E-state index contributed by atoms with van der Waals surface area (Å²) in [6.45, 7) is 0. The van der Waals surface area contributed by atoms with Crippen LogP contribution in [0, 0.1) is 15.9 Å². The third-order valence-corrected chi connectivity index (χ3v) is 3.35. The van der Waals surface area contributed by atoms with Gasteiger partial charge in [0.25, 0.3) is 0 Å². The Morgan fingerprint density at radius 1 is 1.25 bits per heavy atom. The molecule has 0 heterocycles. The lowest BCUT2D eigenvalue weighted by Crippen LogP contribution is -1.96. The number of halogens is 3. The molecule has 0 radical (unpaired) electrons. The molecular weight excluding hydrogens is 353 g/mol. The fraction of sp³-hybridized carbons (Fsp3) is 0.0769. The molecule has 2 aromatic rings. The molecule has 4 nitrogen and oxygen atoms in total. The molecule has 2 rings (SSSR count). The van der Waals surface area contributed by atoms with Gasteiger partial charge in [-0.25, -0.2) is 4.39 Å². The minimum absolute atomic E-state index is 0.167. The van der Waals surface area contributed by atoms with Gasteiger partial charge in [-0.2, -0.15) is 0 Å². The van der Waals surface area contributed by atoms with E-state index in [2.05, 4.69) is 15.9 Å². The number of alkyl halides is 1. The predicted octanol–water partition coefficient (Wildman–Crippen LogP) is 5.07. The van der Waals surface area contributed by atoms with Crippen molar-refractivity contribution in [1.82, 2.24) is 0 Å². The van der Waals surface area contributed by atoms with Crippen LogP contribution in [-0.2, 0) is 5.33 Å². The molecule has 0 fully saturated rings. The lowest BCUT2D eigenvalue weighted by Gasteiger charge is -2.10. The number of nitrogens with zero attached hydrogens (tertiary/aromatic N) is 1. The Morgan fingerprint density at radius 2 is 2.00 bits per heavy atom. The minimum Gasteiger partial charge on any atom is -0.450 e. The standard InChI is InChI=1S/C13H8BrClFNO3/c14-7-8-1-2-9(15)5-12(8)20-13-6-10(16)3-4-11(13)17(18)19/h1-6H,7H2. The molecule has 0 aliphatic carbocycles. The second kappa shape index (κ2) is 6.19. The summed E-state index contributed by atoms with van der Waals surface area (Å²) >= 11 is 9.15. The Hall–Kier alpha value is -1.66. The highest BCUT2D eigenvalue weighted by atomic mass is 79.9. The summed E-state index contributed by atoms with van der Waals surface area (Å²) in [7, 11) is 0. The van der Waals surface area contributed by atoms with Crippen LogP contribution in [0.3, 0.4) is 0 Å². The first-order chi connectivity index (χ1) is 9.51. The molecule has 0 N–H and O–H groups in total. The van der Waals surface area contributed by atoms with Crippen LogP contribution in [-0.4, -0.2) is 4.92 Å². The van der Waals surface area contributed by atoms with Crippen molar-refractivity contribution < 1.29 is 14.1 Å². The van der Waals surface area contributed by atoms with Gasteiger partial charge in [-0.1, -0.05) is 33.6 Å². The van der Waals surface area contributed by atoms with E-state index in [1.165, 1.54) is 6.07 Å². The third-order valence-electron chi connectivity index (χ3n) is 2.51. The molecule has 7 heteroatoms. The molecule has 104 valence electrons. The van der Waals surface area contributed by atoms with Crippen LogP contribution >= 0.6 is 27.5 Å². The molecule has 0 atom stereocenters. The quantitative estimate of drug-likeness (QED) is 0.434. The van der Waals surface area contributed by atoms with Crippen LogP contribution in [0.1, 0.15) is 5.56 Å². The topological polar surface area (TPSA) is 52.4 Å². The fourth-order valence-electron chi connectivity index (χ4n) is 1.57. The highest BCUT2D eigenvalue weighted by molar-refractivity contribution is 9.08. The average Bonchev–Trinajstić information content (AvgIpc) is 2.38. The number of benzene rings is 2. The van der Waals surface area contributed by atoms with Crippen LogP contribution in [0.2, 0.25) is 5.02 Å². The summed E-state index contributed by atoms with van der Waals surface area (Å²) in [4.78, 5) is 10.3. The van der Waals surface area contributed by atoms with Gasteiger partial charge >= 0.3 is 5.69 Å². The summed E-state index contributed by atoms with van der Waals surface area (Å²) in [5.41, 5.74) is 0.430. The Labute approximate surface area is 127 Å². The van der Waals surface area contributed by atoms with Gasteiger partial charge in [0.15, 0.2) is 0 Å². The van der Waals surface area contributed by atoms with Crippen LogP contribution in [0.15, 0.2) is 36.4 Å². The van der Waals surface area contributed by atoms with Crippen LogP contribution in [0.5, 0.6) is 11.5 Å². The van der Waals surface area contributed by atoms with Gasteiger partial charge in [0.1, 0.15) is 11.6 Å². The number of nitro benzene ring substituents is 1. The van der Waals surface area contributed by atoms with Crippen LogP contribution in [0.4, 0.5) is 10.1 Å². The van der Waals surface area contributed by atoms with Crippen molar-refractivity contribution in [3.05, 3.63) is 62.9 Å². The number of nitro groups is 1. The normalized spacial score (nSPS) is 10.3. The third kappa shape index (κ3) is 3.26. The van der Waals surface area contributed by atoms with E-state index in [0.717, 1.165) is 23.8 Å². The van der Waals surface area contributed by atoms with Gasteiger partial charge in [0.2, 0.25) is 5.75 Å². The maximum atomic E-state index is 13.2. The van der Waals surface area contributed by atoms with Gasteiger partial charge in [0.05, 0.1) is 4.92 Å². The van der Waals surface area contributed by atoms with E-state index in [1.54, 1.807) is 12.1 Å². The molecule has 0 spiro atoms. The lowest BCUT2D eigenvalue weighted by atomic mass is 10.2. The summed E-state index contributed by atoms with van der Waals surface area (Å²) in [6.07, 6.45) is 0. The van der Waals surface area contributed by atoms with Crippen molar-refractivity contribution in [3.8, 4) is 11.5 Å². The maximum absolute atomic E-state index is 13.2. The van der Waals surface area contributed by atoms with E-state index in [-0.39, 0.29) is 11.4 Å². The number of ether oxygens (including phenoxy) is 1. The average molecular weight is 361 g/mol. The largest absolute Gasteiger partial charge is 0.450 e. The molecule has 2 aromatic carbocycles. The Bertz CT molecular complexity index is 666. The van der Waals surface area contributed by atoms with Gasteiger partial charge in [0, 0.05) is 28.0 Å². The Kier molecular flexibility index (Phi) is 4.57. The SMILES string of the molecule is O=[N+]([O-])c1ccc(F)cc1Oc1cc(Cl)ccc1CBr. The van der Waals surface area contributed by atoms with Crippen molar-refractivity contribution in [2.75, 3.05) is 0 Å². The van der Waals surface area contributed by atoms with Crippen molar-refractivity contribution in [3.63, 3.8) is 0 Å². The molecule has 0 aliphatic heterocycles. The van der Waals surface area contributed by atoms with E-state index in [4.69, 9.17) is 16.3 Å². The maximum Gasteiger partial charge on any atom is 0.311 e. The van der Waals surface area contributed by atoms with Crippen molar-refractivity contribution in [2.45, 2.75) is 5.33 Å². The molecular formula is C13H8BrClFNO3. The van der Waals surface area contributed by atoms with Gasteiger partial charge < -0.3 is 4.74 Å². The smallest absolute Gasteiger partial charge is 0.311 e. The van der Waals surface area contributed by atoms with E-state index < -0.39 is 10.7 Å². The second-order valence-corrected chi connectivity index (χ2v) is 4.85. The fourth-order valence-corrected chi connectivity index (χ4v) is 2.20. The summed E-state index contributed by atoms with van der Waals surface area (Å²) in [5.74, 6) is -0.449. The van der Waals surface area contributed by atoms with E-state index in [1.807, 2.05) is 0 Å². The van der Waals surface area contributed by atoms with Crippen LogP contribution in [0.25, 0.3) is 0 Å². The highest BCUT2D eigenvalue weighted by Gasteiger charge is 2.18. The van der Waals surface area contributed by atoms with Crippen molar-refractivity contribution in [1.29, 1.82) is 0 Å².